The fourth-order valence-corrected chi connectivity index (χ4v) is 3.75. The summed E-state index contributed by atoms with van der Waals surface area (Å²) in [7, 11) is 1.22. The number of methoxy groups -OCH3 is 1. The number of carboxylic acids is 1. The third-order valence-corrected chi connectivity index (χ3v) is 4.64. The maximum atomic E-state index is 12.7. The summed E-state index contributed by atoms with van der Waals surface area (Å²) >= 11 is 0. The van der Waals surface area contributed by atoms with Gasteiger partial charge in [0.2, 0.25) is 5.91 Å². The van der Waals surface area contributed by atoms with Crippen molar-refractivity contribution in [2.45, 2.75) is 39.2 Å². The lowest BCUT2D eigenvalue weighted by Gasteiger charge is -2.34. The van der Waals surface area contributed by atoms with Gasteiger partial charge in [0.15, 0.2) is 0 Å². The monoisotopic (exact) mass is 298 g/mol. The number of amides is 2. The van der Waals surface area contributed by atoms with Gasteiger partial charge in [0.25, 0.3) is 0 Å². The van der Waals surface area contributed by atoms with Crippen LogP contribution < -0.4 is 5.43 Å². The van der Waals surface area contributed by atoms with E-state index in [2.05, 4.69) is 10.2 Å². The number of nitrogens with one attached hydrogen (secondary N) is 1. The molecule has 0 heterocycles. The molecule has 21 heavy (non-hydrogen) atoms. The third kappa shape index (κ3) is 2.82. The van der Waals surface area contributed by atoms with Gasteiger partial charge in [-0.2, -0.15) is 0 Å². The Bertz CT molecular complexity index is 451. The smallest absolute Gasteiger partial charge is 0.425 e. The summed E-state index contributed by atoms with van der Waals surface area (Å²) < 4.78 is 4.52. The number of carbonyl (C=O) groups excluding carboxylic acids is 2. The molecule has 0 aliphatic heterocycles. The Labute approximate surface area is 123 Å². The Hall–Kier alpha value is -1.79. The molecule has 4 atom stereocenters. The Kier molecular flexibility index (Phi) is 4.39. The van der Waals surface area contributed by atoms with E-state index in [0.29, 0.717) is 0 Å². The van der Waals surface area contributed by atoms with Crippen molar-refractivity contribution >= 4 is 18.0 Å². The maximum Gasteiger partial charge on any atom is 0.425 e. The standard InChI is InChI=1S/C14H22N2O5/c1-7(2)16(15-14(20)21-3)12(17)10-8-4-5-9(6-8)11(10)13(18)19/h7-11H,4-6H2,1-3H3,(H,15,20)(H,18,19)/t8?,9?,10-,11-/m0/s1. The van der Waals surface area contributed by atoms with Gasteiger partial charge in [-0.15, -0.1) is 0 Å². The van der Waals surface area contributed by atoms with Crippen LogP contribution in [0.1, 0.15) is 33.1 Å². The summed E-state index contributed by atoms with van der Waals surface area (Å²) in [6, 6.07) is -0.273. The Balaban J connectivity index is 2.19. The first-order valence-electron chi connectivity index (χ1n) is 7.27. The van der Waals surface area contributed by atoms with E-state index in [1.54, 1.807) is 13.8 Å². The van der Waals surface area contributed by atoms with Crippen LogP contribution in [0.25, 0.3) is 0 Å². The van der Waals surface area contributed by atoms with E-state index in [0.717, 1.165) is 19.3 Å². The molecule has 118 valence electrons. The molecule has 2 saturated carbocycles. The van der Waals surface area contributed by atoms with Crippen molar-refractivity contribution in [1.29, 1.82) is 0 Å². The minimum Gasteiger partial charge on any atom is -0.481 e. The van der Waals surface area contributed by atoms with Crippen molar-refractivity contribution in [3.05, 3.63) is 0 Å². The second-order valence-electron chi connectivity index (χ2n) is 6.13. The minimum atomic E-state index is -0.915. The van der Waals surface area contributed by atoms with Crippen molar-refractivity contribution in [3.63, 3.8) is 0 Å². The molecule has 2 fully saturated rings. The molecule has 7 nitrogen and oxygen atoms in total. The van der Waals surface area contributed by atoms with Gasteiger partial charge in [-0.3, -0.25) is 9.59 Å². The van der Waals surface area contributed by atoms with E-state index in [1.807, 2.05) is 0 Å². The molecular weight excluding hydrogens is 276 g/mol. The van der Waals surface area contributed by atoms with Gasteiger partial charge in [0.1, 0.15) is 0 Å². The van der Waals surface area contributed by atoms with Crippen LogP contribution in [-0.2, 0) is 14.3 Å². The van der Waals surface area contributed by atoms with E-state index < -0.39 is 23.9 Å². The normalized spacial score (nSPS) is 30.3. The van der Waals surface area contributed by atoms with Crippen LogP contribution in [0, 0.1) is 23.7 Å². The largest absolute Gasteiger partial charge is 0.481 e. The van der Waals surface area contributed by atoms with Gasteiger partial charge in [-0.05, 0) is 44.9 Å². The quantitative estimate of drug-likeness (QED) is 0.764. The number of hydrogen-bond acceptors (Lipinski definition) is 4. The maximum absolute atomic E-state index is 12.7. The molecule has 2 unspecified atom stereocenters. The van der Waals surface area contributed by atoms with Crippen LogP contribution in [-0.4, -0.2) is 41.2 Å². The van der Waals surface area contributed by atoms with Crippen molar-refractivity contribution in [2.24, 2.45) is 23.7 Å². The highest BCUT2D eigenvalue weighted by molar-refractivity contribution is 5.87. The summed E-state index contributed by atoms with van der Waals surface area (Å²) in [6.07, 6.45) is 1.82. The minimum absolute atomic E-state index is 0.0774. The van der Waals surface area contributed by atoms with E-state index in [9.17, 15) is 19.5 Å². The molecular formula is C14H22N2O5. The van der Waals surface area contributed by atoms with Crippen molar-refractivity contribution in [2.75, 3.05) is 7.11 Å². The Morgan fingerprint density at radius 1 is 1.19 bits per heavy atom. The first-order valence-corrected chi connectivity index (χ1v) is 7.27. The molecule has 0 aromatic rings. The second kappa shape index (κ2) is 5.91. The van der Waals surface area contributed by atoms with E-state index >= 15 is 0 Å². The van der Waals surface area contributed by atoms with E-state index in [1.165, 1.54) is 12.1 Å². The molecule has 0 spiro atoms. The van der Waals surface area contributed by atoms with Crippen LogP contribution in [0.2, 0.25) is 0 Å². The lowest BCUT2D eigenvalue weighted by atomic mass is 9.78. The zero-order valence-electron chi connectivity index (χ0n) is 12.5. The number of aliphatic carboxylic acids is 1. The Morgan fingerprint density at radius 3 is 2.24 bits per heavy atom. The van der Waals surface area contributed by atoms with E-state index in [4.69, 9.17) is 0 Å². The average Bonchev–Trinajstić information content (AvgIpc) is 3.03. The average molecular weight is 298 g/mol. The molecule has 2 rings (SSSR count). The molecule has 0 aromatic heterocycles. The predicted octanol–water partition coefficient (Wildman–Crippen LogP) is 1.24. The van der Waals surface area contributed by atoms with Gasteiger partial charge in [0, 0.05) is 6.04 Å². The summed E-state index contributed by atoms with van der Waals surface area (Å²) in [6.45, 7) is 3.52. The molecule has 2 bridgehead atoms. The highest BCUT2D eigenvalue weighted by Gasteiger charge is 2.55. The molecule has 2 amide bonds. The summed E-state index contributed by atoms with van der Waals surface area (Å²) in [5, 5.41) is 10.6. The first kappa shape index (κ1) is 15.6. The van der Waals surface area contributed by atoms with Crippen LogP contribution in [0.15, 0.2) is 0 Å². The molecule has 0 saturated heterocycles. The number of hydrogen-bond donors (Lipinski definition) is 2. The van der Waals surface area contributed by atoms with Crippen LogP contribution in [0.5, 0.6) is 0 Å². The molecule has 7 heteroatoms. The zero-order valence-corrected chi connectivity index (χ0v) is 12.5. The highest BCUT2D eigenvalue weighted by atomic mass is 16.5. The van der Waals surface area contributed by atoms with Crippen LogP contribution >= 0.6 is 0 Å². The van der Waals surface area contributed by atoms with Gasteiger partial charge in [-0.25, -0.2) is 15.2 Å². The molecule has 0 aromatic carbocycles. The van der Waals surface area contributed by atoms with Gasteiger partial charge in [-0.1, -0.05) is 0 Å². The third-order valence-electron chi connectivity index (χ3n) is 4.64. The Morgan fingerprint density at radius 2 is 1.76 bits per heavy atom. The predicted molar refractivity (Wildman–Crippen MR) is 73.0 cm³/mol. The zero-order chi connectivity index (χ0) is 15.7. The van der Waals surface area contributed by atoms with Crippen molar-refractivity contribution in [1.82, 2.24) is 10.4 Å². The molecule has 2 aliphatic carbocycles. The van der Waals surface area contributed by atoms with E-state index in [-0.39, 0.29) is 23.8 Å². The molecule has 0 radical (unpaired) electrons. The topological polar surface area (TPSA) is 95.9 Å². The number of nitrogens with zero attached hydrogens (tertiary/aromatic N) is 1. The van der Waals surface area contributed by atoms with Crippen LogP contribution in [0.3, 0.4) is 0 Å². The lowest BCUT2D eigenvalue weighted by molar-refractivity contribution is -0.155. The summed E-state index contributed by atoms with van der Waals surface area (Å²) in [4.78, 5) is 35.6. The number of ether oxygens (including phenoxy) is 1. The number of hydrazine groups is 1. The van der Waals surface area contributed by atoms with Gasteiger partial charge in [0.05, 0.1) is 18.9 Å². The number of fused-ring (bicyclic) bond motifs is 2. The lowest BCUT2D eigenvalue weighted by Crippen LogP contribution is -2.54. The number of carboxylic acid groups (broad SMARTS) is 1. The molecule has 2 aliphatic rings. The fourth-order valence-electron chi connectivity index (χ4n) is 3.75. The summed E-state index contributed by atoms with van der Waals surface area (Å²) in [5.41, 5.74) is 2.39. The second-order valence-corrected chi connectivity index (χ2v) is 6.13. The van der Waals surface area contributed by atoms with Crippen molar-refractivity contribution in [3.8, 4) is 0 Å². The van der Waals surface area contributed by atoms with Crippen molar-refractivity contribution < 1.29 is 24.2 Å². The SMILES string of the molecule is COC(=O)NN(C(=O)[C@H]1C2CCC(C2)[C@@H]1C(=O)O)C(C)C. The van der Waals surface area contributed by atoms with Gasteiger partial charge < -0.3 is 9.84 Å². The fraction of sp³-hybridized carbons (Fsp3) is 0.786. The summed E-state index contributed by atoms with van der Waals surface area (Å²) in [5.74, 6) is -2.26. The number of rotatable bonds is 3. The first-order chi connectivity index (χ1) is 9.86. The highest BCUT2D eigenvalue weighted by Crippen LogP contribution is 2.52. The molecule has 2 N–H and O–H groups in total. The van der Waals surface area contributed by atoms with Crippen LogP contribution in [0.4, 0.5) is 4.79 Å². The van der Waals surface area contributed by atoms with Gasteiger partial charge >= 0.3 is 12.1 Å². The number of carbonyl (C=O) groups is 3.